The normalized spacial score (nSPS) is 10.8. The number of halogens is 1. The number of carbonyl (C=O) groups excluding carboxylic acids is 1. The molecule has 3 aromatic rings. The summed E-state index contributed by atoms with van der Waals surface area (Å²) >= 11 is 5.48. The molecule has 24 heavy (non-hydrogen) atoms. The third-order valence-corrected chi connectivity index (χ3v) is 3.75. The summed E-state index contributed by atoms with van der Waals surface area (Å²) in [7, 11) is 2.98. The van der Waals surface area contributed by atoms with Crippen LogP contribution in [0, 0.1) is 4.91 Å². The van der Waals surface area contributed by atoms with Crippen molar-refractivity contribution in [3.05, 3.63) is 41.3 Å². The van der Waals surface area contributed by atoms with Crippen LogP contribution in [0.25, 0.3) is 22.1 Å². The van der Waals surface area contributed by atoms with Gasteiger partial charge in [-0.05, 0) is 18.2 Å². The number of methoxy groups -OCH3 is 1. The molecule has 0 aliphatic carbocycles. The van der Waals surface area contributed by atoms with Crippen LogP contribution in [0.3, 0.4) is 0 Å². The zero-order valence-corrected chi connectivity index (χ0v) is 13.7. The van der Waals surface area contributed by atoms with E-state index in [0.29, 0.717) is 26.7 Å². The van der Waals surface area contributed by atoms with Gasteiger partial charge in [0.1, 0.15) is 13.0 Å². The largest absolute Gasteiger partial charge is 0.494 e. The molecule has 1 aromatic heterocycles. The van der Waals surface area contributed by atoms with Gasteiger partial charge in [0.25, 0.3) is 5.52 Å². The third kappa shape index (κ3) is 2.43. The van der Waals surface area contributed by atoms with E-state index in [-0.39, 0.29) is 17.1 Å². The summed E-state index contributed by atoms with van der Waals surface area (Å²) in [5.41, 5.74) is 1.34. The Morgan fingerprint density at radius 3 is 2.54 bits per heavy atom. The maximum atomic E-state index is 12.9. The predicted molar refractivity (Wildman–Crippen MR) is 88.2 cm³/mol. The highest BCUT2D eigenvalue weighted by molar-refractivity contribution is 6.26. The zero-order chi connectivity index (χ0) is 17.3. The van der Waals surface area contributed by atoms with E-state index in [1.165, 1.54) is 25.0 Å². The molecule has 2 aromatic carbocycles. The van der Waals surface area contributed by atoms with Crippen molar-refractivity contribution in [2.75, 3.05) is 20.1 Å². The predicted octanol–water partition coefficient (Wildman–Crippen LogP) is 1.92. The van der Waals surface area contributed by atoms with Gasteiger partial charge in [0.15, 0.2) is 16.8 Å². The summed E-state index contributed by atoms with van der Waals surface area (Å²) in [6.45, 7) is 0. The molecular weight excluding hydrogens is 336 g/mol. The zero-order valence-electron chi connectivity index (χ0n) is 13.0. The minimum Gasteiger partial charge on any atom is -0.494 e. The molecule has 0 N–H and O–H groups in total. The smallest absolute Gasteiger partial charge is 0.332 e. The molecule has 1 heterocycles. The molecule has 0 fully saturated rings. The van der Waals surface area contributed by atoms with Crippen molar-refractivity contribution in [2.45, 2.75) is 0 Å². The van der Waals surface area contributed by atoms with Crippen LogP contribution in [-0.4, -0.2) is 30.8 Å². The van der Waals surface area contributed by atoms with Crippen LogP contribution in [-0.2, 0) is 4.79 Å². The second-order valence-electron chi connectivity index (χ2n) is 4.83. The Morgan fingerprint density at radius 1 is 1.17 bits per heavy atom. The summed E-state index contributed by atoms with van der Waals surface area (Å²) < 4.78 is 12.6. The molecule has 3 rings (SSSR count). The van der Waals surface area contributed by atoms with Gasteiger partial charge in [-0.3, -0.25) is 4.79 Å². The van der Waals surface area contributed by atoms with Gasteiger partial charge in [-0.2, -0.15) is 4.73 Å². The van der Waals surface area contributed by atoms with Crippen LogP contribution in [0.1, 0.15) is 0 Å². The molecule has 0 saturated carbocycles. The second kappa shape index (κ2) is 6.37. The average molecular weight is 350 g/mol. The number of hydrogen-bond acceptors (Lipinski definition) is 5. The summed E-state index contributed by atoms with van der Waals surface area (Å²) in [4.78, 5) is 29.9. The summed E-state index contributed by atoms with van der Waals surface area (Å²) in [6, 6.07) is 9.89. The van der Waals surface area contributed by atoms with Crippen LogP contribution in [0.4, 0.5) is 0 Å². The van der Waals surface area contributed by atoms with E-state index >= 15 is 0 Å². The molecule has 0 aliphatic heterocycles. The highest BCUT2D eigenvalue weighted by Gasteiger charge is 2.26. The molecule has 0 saturated heterocycles. The van der Waals surface area contributed by atoms with Crippen molar-refractivity contribution >= 4 is 39.6 Å². The van der Waals surface area contributed by atoms with Crippen LogP contribution >= 0.6 is 11.6 Å². The van der Waals surface area contributed by atoms with E-state index in [1.54, 1.807) is 30.3 Å². The van der Waals surface area contributed by atoms with Crippen molar-refractivity contribution in [3.8, 4) is 11.5 Å². The fourth-order valence-electron chi connectivity index (χ4n) is 2.59. The number of alkyl halides is 1. The highest BCUT2D eigenvalue weighted by Crippen LogP contribution is 2.29. The minimum absolute atomic E-state index is 0.101. The lowest BCUT2D eigenvalue weighted by Crippen LogP contribution is -2.24. The number of carbonyl (C=O) groups is 1. The molecule has 0 atom stereocenters. The number of benzene rings is 2. The number of esters is 1. The number of ether oxygens (including phenoxy) is 2. The highest BCUT2D eigenvalue weighted by atomic mass is 35.5. The van der Waals surface area contributed by atoms with Gasteiger partial charge >= 0.3 is 11.5 Å². The van der Waals surface area contributed by atoms with Gasteiger partial charge in [-0.25, -0.2) is 0 Å². The Labute approximate surface area is 141 Å². The number of nitrogens with zero attached hydrogens (tertiary/aromatic N) is 2. The van der Waals surface area contributed by atoms with E-state index in [4.69, 9.17) is 25.9 Å². The Bertz CT molecular complexity index is 999. The lowest BCUT2D eigenvalue weighted by Gasteiger charge is -2.12. The molecule has 0 bridgehead atoms. The fourth-order valence-corrected chi connectivity index (χ4v) is 2.64. The summed E-state index contributed by atoms with van der Waals surface area (Å²) in [6.07, 6.45) is 0. The van der Waals surface area contributed by atoms with Crippen molar-refractivity contribution in [1.29, 1.82) is 0 Å². The van der Waals surface area contributed by atoms with Gasteiger partial charge in [0.05, 0.1) is 11.5 Å². The topological polar surface area (TPSA) is 72.7 Å². The maximum Gasteiger partial charge on any atom is 0.332 e. The first-order valence-corrected chi connectivity index (χ1v) is 7.54. The van der Waals surface area contributed by atoms with Gasteiger partial charge in [-0.15, -0.1) is 11.6 Å². The second-order valence-corrected chi connectivity index (χ2v) is 5.10. The van der Waals surface area contributed by atoms with Crippen molar-refractivity contribution in [3.63, 3.8) is 0 Å². The summed E-state index contributed by atoms with van der Waals surface area (Å²) in [5, 5.41) is 0. The van der Waals surface area contributed by atoms with Crippen molar-refractivity contribution < 1.29 is 23.5 Å². The molecule has 7 nitrogen and oxygen atoms in total. The quantitative estimate of drug-likeness (QED) is 0.236. The van der Waals surface area contributed by atoms with Crippen LogP contribution in [0.15, 0.2) is 36.4 Å². The lowest BCUT2D eigenvalue weighted by molar-refractivity contribution is -0.433. The van der Waals surface area contributed by atoms with Crippen LogP contribution in [0.5, 0.6) is 11.5 Å². The molecule has 0 amide bonds. The van der Waals surface area contributed by atoms with Crippen LogP contribution in [0.2, 0.25) is 0 Å². The van der Waals surface area contributed by atoms with E-state index < -0.39 is 5.97 Å². The fraction of sp³-hybridized carbons (Fsp3) is 0.188. The molecule has 0 radical (unpaired) electrons. The van der Waals surface area contributed by atoms with E-state index in [9.17, 15) is 9.70 Å². The number of para-hydroxylation sites is 2. The molecular formula is C16H14ClN2O5+. The third-order valence-electron chi connectivity index (χ3n) is 3.53. The Balaban J connectivity index is 2.49. The molecule has 0 spiro atoms. The van der Waals surface area contributed by atoms with Crippen molar-refractivity contribution in [2.24, 2.45) is 0 Å². The van der Waals surface area contributed by atoms with Gasteiger partial charge in [0, 0.05) is 11.0 Å². The Morgan fingerprint density at radius 2 is 1.88 bits per heavy atom. The Kier molecular flexibility index (Phi) is 4.26. The van der Waals surface area contributed by atoms with Crippen LogP contribution < -0.4 is 18.7 Å². The van der Waals surface area contributed by atoms with Gasteiger partial charge in [0.2, 0.25) is 5.75 Å². The molecule has 124 valence electrons. The molecule has 0 aliphatic rings. The lowest BCUT2D eigenvalue weighted by atomic mass is 10.2. The number of hydrogen-bond donors (Lipinski definition) is 0. The number of aromatic nitrogens is 2. The molecule has 8 heteroatoms. The first-order valence-electron chi connectivity index (χ1n) is 7.00. The van der Waals surface area contributed by atoms with E-state index in [2.05, 4.69) is 0 Å². The average Bonchev–Trinajstić information content (AvgIpc) is 2.61. The first-order chi connectivity index (χ1) is 11.6. The van der Waals surface area contributed by atoms with Crippen molar-refractivity contribution in [1.82, 2.24) is 4.73 Å². The van der Waals surface area contributed by atoms with Gasteiger partial charge in [-0.1, -0.05) is 12.1 Å². The maximum absolute atomic E-state index is 12.9. The number of rotatable bonds is 4. The molecule has 0 unspecified atom stereocenters. The standard InChI is InChI=1S/C16H14ClN2O5/c1-22-12-7-3-5-10-16(12)19(23-2)11-6-4-8-13(15(11)18(10)21)24-14(20)9-17/h3-8H,9H2,1-2H3/q+1. The Hall–Kier alpha value is -2.80. The minimum atomic E-state index is -0.654. The SMILES string of the molecule is COc1cccc2c1n(OC)c1cccc(OC(=O)CCl)c1[n+]2=O. The van der Waals surface area contributed by atoms with Gasteiger partial charge < -0.3 is 14.3 Å². The van der Waals surface area contributed by atoms with E-state index in [0.717, 1.165) is 0 Å². The monoisotopic (exact) mass is 349 g/mol. The first kappa shape index (κ1) is 16.1. The number of fused-ring (bicyclic) bond motifs is 2. The summed E-state index contributed by atoms with van der Waals surface area (Å²) in [5.74, 6) is -0.396. The van der Waals surface area contributed by atoms with E-state index in [1.807, 2.05) is 0 Å².